The zero-order chi connectivity index (χ0) is 14.7. The number of morpholine rings is 1. The number of hydrogen-bond donors (Lipinski definition) is 1. The van der Waals surface area contributed by atoms with Crippen LogP contribution in [-0.2, 0) is 4.74 Å². The molecular weight excluding hydrogens is 409 g/mol. The average Bonchev–Trinajstić information content (AvgIpc) is 3.26. The molecule has 1 unspecified atom stereocenters. The van der Waals surface area contributed by atoms with E-state index in [9.17, 15) is 0 Å². The summed E-state index contributed by atoms with van der Waals surface area (Å²) in [5.74, 6) is 0.671. The fraction of sp³-hybridized carbons (Fsp3) is 0.562. The van der Waals surface area contributed by atoms with Gasteiger partial charge >= 0.3 is 0 Å². The first-order valence-electron chi connectivity index (χ1n) is 7.57. The van der Waals surface area contributed by atoms with E-state index in [-0.39, 0.29) is 34.8 Å². The first kappa shape index (κ1) is 17.9. The summed E-state index contributed by atoms with van der Waals surface area (Å²) in [7, 11) is 0. The molecule has 1 heterocycles. The highest BCUT2D eigenvalue weighted by atomic mass is 127. The molecule has 1 saturated carbocycles. The van der Waals surface area contributed by atoms with E-state index in [0.717, 1.165) is 26.2 Å². The molecule has 2 aliphatic rings. The van der Waals surface area contributed by atoms with Crippen LogP contribution in [0, 0.1) is 0 Å². The van der Waals surface area contributed by atoms with Crippen molar-refractivity contribution >= 4 is 41.7 Å². The van der Waals surface area contributed by atoms with E-state index in [0.29, 0.717) is 5.96 Å². The Morgan fingerprint density at radius 3 is 2.77 bits per heavy atom. The topological polar surface area (TPSA) is 50.8 Å². The summed E-state index contributed by atoms with van der Waals surface area (Å²) in [6.07, 6.45) is 2.69. The van der Waals surface area contributed by atoms with Crippen molar-refractivity contribution in [2.75, 3.05) is 26.2 Å². The number of ether oxygens (including phenoxy) is 1. The third kappa shape index (κ3) is 4.76. The molecule has 22 heavy (non-hydrogen) atoms. The molecule has 3 rings (SSSR count). The van der Waals surface area contributed by atoms with Crippen LogP contribution in [0.1, 0.15) is 19.8 Å². The van der Waals surface area contributed by atoms with Gasteiger partial charge in [0.1, 0.15) is 0 Å². The van der Waals surface area contributed by atoms with E-state index in [1.807, 2.05) is 11.8 Å². The van der Waals surface area contributed by atoms with Crippen LogP contribution in [0.4, 0.5) is 0 Å². The minimum atomic E-state index is 0. The fourth-order valence-corrected chi connectivity index (χ4v) is 3.75. The normalized spacial score (nSPS) is 23.8. The summed E-state index contributed by atoms with van der Waals surface area (Å²) >= 11 is 1.94. The molecule has 1 atom stereocenters. The lowest BCUT2D eigenvalue weighted by Gasteiger charge is -2.32. The molecule has 6 heteroatoms. The summed E-state index contributed by atoms with van der Waals surface area (Å²) in [6.45, 7) is 5.31. The SMILES string of the molecule is CC1CN(C(N)=NCC2(Sc3ccccc3)CC2)CCO1.I. The van der Waals surface area contributed by atoms with Crippen LogP contribution in [0.5, 0.6) is 0 Å². The summed E-state index contributed by atoms with van der Waals surface area (Å²) in [5, 5.41) is 0. The number of nitrogens with two attached hydrogens (primary N) is 1. The maximum absolute atomic E-state index is 6.15. The van der Waals surface area contributed by atoms with Gasteiger partial charge in [-0.1, -0.05) is 18.2 Å². The highest BCUT2D eigenvalue weighted by Gasteiger charge is 2.43. The molecule has 2 N–H and O–H groups in total. The molecule has 2 fully saturated rings. The lowest BCUT2D eigenvalue weighted by molar-refractivity contribution is 0.00530. The second kappa shape index (κ2) is 7.88. The van der Waals surface area contributed by atoms with Crippen LogP contribution in [0.3, 0.4) is 0 Å². The molecule has 0 amide bonds. The van der Waals surface area contributed by atoms with E-state index in [1.54, 1.807) is 0 Å². The number of aliphatic imine (C=N–C) groups is 1. The second-order valence-electron chi connectivity index (χ2n) is 5.90. The molecule has 1 aliphatic carbocycles. The van der Waals surface area contributed by atoms with E-state index in [2.05, 4.69) is 47.1 Å². The number of guanidine groups is 1. The average molecular weight is 433 g/mol. The number of halogens is 1. The quantitative estimate of drug-likeness (QED) is 0.451. The third-order valence-electron chi connectivity index (χ3n) is 3.98. The Labute approximate surface area is 153 Å². The Morgan fingerprint density at radius 1 is 1.41 bits per heavy atom. The van der Waals surface area contributed by atoms with Crippen LogP contribution in [0.15, 0.2) is 40.2 Å². The van der Waals surface area contributed by atoms with Gasteiger partial charge in [-0.15, -0.1) is 35.7 Å². The zero-order valence-corrected chi connectivity index (χ0v) is 16.1. The molecule has 4 nitrogen and oxygen atoms in total. The number of nitrogens with zero attached hydrogens (tertiary/aromatic N) is 2. The summed E-state index contributed by atoms with van der Waals surface area (Å²) in [5.41, 5.74) is 6.15. The Balaban J connectivity index is 0.00000176. The lowest BCUT2D eigenvalue weighted by Crippen LogP contribution is -2.48. The number of thioether (sulfide) groups is 1. The fourth-order valence-electron chi connectivity index (χ4n) is 2.52. The summed E-state index contributed by atoms with van der Waals surface area (Å²) in [4.78, 5) is 8.12. The van der Waals surface area contributed by atoms with Crippen molar-refractivity contribution in [3.05, 3.63) is 30.3 Å². The first-order valence-corrected chi connectivity index (χ1v) is 8.39. The van der Waals surface area contributed by atoms with Gasteiger partial charge in [0.25, 0.3) is 0 Å². The predicted octanol–water partition coefficient (Wildman–Crippen LogP) is 2.96. The van der Waals surface area contributed by atoms with Crippen LogP contribution in [0.25, 0.3) is 0 Å². The standard InChI is InChI=1S/C16H23N3OS.HI/c1-13-11-19(9-10-20-13)15(17)18-12-16(7-8-16)21-14-5-3-2-4-6-14;/h2-6,13H,7-12H2,1H3,(H2,17,18);1H. The third-order valence-corrected chi connectivity index (χ3v) is 5.46. The van der Waals surface area contributed by atoms with Gasteiger partial charge < -0.3 is 15.4 Å². The van der Waals surface area contributed by atoms with Crippen molar-refractivity contribution in [3.8, 4) is 0 Å². The molecule has 1 aromatic carbocycles. The predicted molar refractivity (Wildman–Crippen MR) is 103 cm³/mol. The summed E-state index contributed by atoms with van der Waals surface area (Å²) in [6, 6.07) is 10.6. The smallest absolute Gasteiger partial charge is 0.191 e. The van der Waals surface area contributed by atoms with Crippen LogP contribution in [0.2, 0.25) is 0 Å². The Bertz CT molecular complexity index is 507. The van der Waals surface area contributed by atoms with Gasteiger partial charge in [0.15, 0.2) is 5.96 Å². The van der Waals surface area contributed by atoms with Crippen molar-refractivity contribution in [2.24, 2.45) is 10.7 Å². The van der Waals surface area contributed by atoms with Crippen molar-refractivity contribution in [3.63, 3.8) is 0 Å². The summed E-state index contributed by atoms with van der Waals surface area (Å²) < 4.78 is 5.81. The molecule has 1 aliphatic heterocycles. The molecule has 1 aromatic rings. The van der Waals surface area contributed by atoms with Crippen LogP contribution in [-0.4, -0.2) is 48.0 Å². The monoisotopic (exact) mass is 433 g/mol. The Morgan fingerprint density at radius 2 is 2.14 bits per heavy atom. The van der Waals surface area contributed by atoms with E-state index in [4.69, 9.17) is 10.5 Å². The number of hydrogen-bond acceptors (Lipinski definition) is 3. The van der Waals surface area contributed by atoms with Gasteiger partial charge in [0, 0.05) is 22.7 Å². The minimum absolute atomic E-state index is 0. The van der Waals surface area contributed by atoms with Crippen molar-refractivity contribution < 1.29 is 4.74 Å². The molecular formula is C16H24IN3OS. The van der Waals surface area contributed by atoms with Gasteiger partial charge in [-0.05, 0) is 31.9 Å². The van der Waals surface area contributed by atoms with Gasteiger partial charge in [-0.2, -0.15) is 0 Å². The molecule has 0 spiro atoms. The first-order chi connectivity index (χ1) is 10.2. The van der Waals surface area contributed by atoms with E-state index >= 15 is 0 Å². The largest absolute Gasteiger partial charge is 0.375 e. The zero-order valence-electron chi connectivity index (χ0n) is 12.9. The molecule has 122 valence electrons. The molecule has 0 bridgehead atoms. The molecule has 1 saturated heterocycles. The maximum atomic E-state index is 6.15. The highest BCUT2D eigenvalue weighted by Crippen LogP contribution is 2.51. The van der Waals surface area contributed by atoms with Crippen molar-refractivity contribution in [2.45, 2.75) is 35.5 Å². The number of rotatable bonds is 4. The van der Waals surface area contributed by atoms with Gasteiger partial charge in [0.05, 0.1) is 19.3 Å². The maximum Gasteiger partial charge on any atom is 0.191 e. The lowest BCUT2D eigenvalue weighted by atomic mass is 10.3. The highest BCUT2D eigenvalue weighted by molar-refractivity contribution is 14.0. The van der Waals surface area contributed by atoms with Crippen LogP contribution >= 0.6 is 35.7 Å². The molecule has 0 radical (unpaired) electrons. The van der Waals surface area contributed by atoms with E-state index in [1.165, 1.54) is 17.7 Å². The van der Waals surface area contributed by atoms with Gasteiger partial charge in [-0.25, -0.2) is 0 Å². The van der Waals surface area contributed by atoms with Gasteiger partial charge in [-0.3, -0.25) is 4.99 Å². The van der Waals surface area contributed by atoms with Crippen LogP contribution < -0.4 is 5.73 Å². The number of benzene rings is 1. The minimum Gasteiger partial charge on any atom is -0.375 e. The molecule has 0 aromatic heterocycles. The van der Waals surface area contributed by atoms with E-state index < -0.39 is 0 Å². The second-order valence-corrected chi connectivity index (χ2v) is 7.44. The Kier molecular flexibility index (Phi) is 6.40. The van der Waals surface area contributed by atoms with Crippen molar-refractivity contribution in [1.82, 2.24) is 4.90 Å². The van der Waals surface area contributed by atoms with Gasteiger partial charge in [0.2, 0.25) is 0 Å². The Hall–Kier alpha value is -0.470. The van der Waals surface area contributed by atoms with Crippen molar-refractivity contribution in [1.29, 1.82) is 0 Å².